The van der Waals surface area contributed by atoms with Crippen LogP contribution in [0.5, 0.6) is 0 Å². The lowest BCUT2D eigenvalue weighted by Gasteiger charge is -2.26. The number of aromatic nitrogens is 1. The zero-order chi connectivity index (χ0) is 23.3. The van der Waals surface area contributed by atoms with Gasteiger partial charge in [-0.25, -0.2) is 10.2 Å². The van der Waals surface area contributed by atoms with Crippen LogP contribution in [0.15, 0.2) is 24.5 Å². The number of hydrogen-bond acceptors (Lipinski definition) is 6. The van der Waals surface area contributed by atoms with E-state index in [-0.39, 0.29) is 24.6 Å². The van der Waals surface area contributed by atoms with Crippen LogP contribution in [-0.4, -0.2) is 42.8 Å². The van der Waals surface area contributed by atoms with Gasteiger partial charge in [-0.2, -0.15) is 4.57 Å². The minimum absolute atomic E-state index is 0.0161. The van der Waals surface area contributed by atoms with E-state index < -0.39 is 38.0 Å². The maximum atomic E-state index is 13.2. The summed E-state index contributed by atoms with van der Waals surface area (Å²) in [6.07, 6.45) is 1.42. The van der Waals surface area contributed by atoms with E-state index in [1.807, 2.05) is 34.6 Å². The van der Waals surface area contributed by atoms with Crippen molar-refractivity contribution >= 4 is 19.5 Å². The predicted molar refractivity (Wildman–Crippen MR) is 114 cm³/mol. The lowest BCUT2D eigenvalue weighted by molar-refractivity contribution is -0.765. The molecule has 4 atom stereocenters. The summed E-state index contributed by atoms with van der Waals surface area (Å²) in [6, 6.07) is 3.13. The Morgan fingerprint density at radius 2 is 1.87 bits per heavy atom. The summed E-state index contributed by atoms with van der Waals surface area (Å²) in [7, 11) is -3.33. The van der Waals surface area contributed by atoms with Crippen LogP contribution in [0.2, 0.25) is 0 Å². The molecule has 2 rings (SSSR count). The fourth-order valence-corrected chi connectivity index (χ4v) is 5.35. The molecule has 2 heterocycles. The molecule has 0 aliphatic carbocycles. The van der Waals surface area contributed by atoms with Gasteiger partial charge in [0.25, 0.3) is 5.91 Å². The minimum atomic E-state index is -3.33. The fourth-order valence-electron chi connectivity index (χ4n) is 3.41. The molecule has 1 aromatic rings. The Labute approximate surface area is 183 Å². The summed E-state index contributed by atoms with van der Waals surface area (Å²) >= 11 is 0. The van der Waals surface area contributed by atoms with Gasteiger partial charge in [0, 0.05) is 31.0 Å². The van der Waals surface area contributed by atoms with E-state index >= 15 is 0 Å². The second-order valence-corrected chi connectivity index (χ2v) is 10.2. The van der Waals surface area contributed by atoms with Crippen molar-refractivity contribution in [2.75, 3.05) is 6.61 Å². The quantitative estimate of drug-likeness (QED) is 0.275. The normalized spacial score (nSPS) is 24.0. The summed E-state index contributed by atoms with van der Waals surface area (Å²) < 4.78 is 32.3. The highest BCUT2D eigenvalue weighted by Crippen LogP contribution is 2.41. The smallest absolute Gasteiger partial charge is 0.341 e. The van der Waals surface area contributed by atoms with Gasteiger partial charge in [-0.15, -0.1) is 0 Å². The summed E-state index contributed by atoms with van der Waals surface area (Å²) in [5, 5.41) is 5.91. The van der Waals surface area contributed by atoms with Gasteiger partial charge >= 0.3 is 19.9 Å². The first-order valence-electron chi connectivity index (χ1n) is 10.4. The van der Waals surface area contributed by atoms with Crippen LogP contribution >= 0.6 is 7.67 Å². The molecule has 1 aliphatic heterocycles. The Morgan fingerprint density at radius 1 is 1.26 bits per heavy atom. The van der Waals surface area contributed by atoms with Crippen molar-refractivity contribution in [3.05, 3.63) is 30.1 Å². The van der Waals surface area contributed by atoms with Crippen LogP contribution in [0.1, 0.15) is 58.1 Å². The zero-order valence-electron chi connectivity index (χ0n) is 18.9. The van der Waals surface area contributed by atoms with E-state index in [0.717, 1.165) is 0 Å². The molecule has 0 unspecified atom stereocenters. The van der Waals surface area contributed by atoms with E-state index in [2.05, 4.69) is 10.2 Å². The number of hydrogen-bond donors (Lipinski definition) is 3. The average Bonchev–Trinajstić information content (AvgIpc) is 2.94. The third-order valence-electron chi connectivity index (χ3n) is 4.68. The van der Waals surface area contributed by atoms with Gasteiger partial charge in [0.2, 0.25) is 0 Å². The van der Waals surface area contributed by atoms with Crippen molar-refractivity contribution in [3.63, 3.8) is 0 Å². The number of carbonyl (C=O) groups excluding carboxylic acids is 2. The Kier molecular flexibility index (Phi) is 8.73. The molecule has 1 saturated heterocycles. The molecule has 1 aliphatic rings. The second-order valence-electron chi connectivity index (χ2n) is 8.32. The third-order valence-corrected chi connectivity index (χ3v) is 6.90. The molecular formula is C20H34N4O6P+. The number of rotatable bonds is 10. The summed E-state index contributed by atoms with van der Waals surface area (Å²) in [4.78, 5) is 23.3. The molecule has 1 aromatic heterocycles. The number of carbonyl (C=O) groups is 2. The number of amides is 1. The number of nitrogens with one attached hydrogen (secondary N) is 2. The first kappa shape index (κ1) is 25.4. The van der Waals surface area contributed by atoms with Crippen LogP contribution in [0, 0.1) is 5.92 Å². The average molecular weight is 457 g/mol. The monoisotopic (exact) mass is 457 g/mol. The molecule has 31 heavy (non-hydrogen) atoms. The van der Waals surface area contributed by atoms with Crippen molar-refractivity contribution in [2.45, 2.75) is 72.1 Å². The molecule has 0 spiro atoms. The third kappa shape index (κ3) is 7.08. The number of primary amides is 1. The number of ether oxygens (including phenoxy) is 2. The minimum Gasteiger partial charge on any atom is -0.452 e. The molecule has 0 aromatic carbocycles. The largest absolute Gasteiger partial charge is 0.452 e. The van der Waals surface area contributed by atoms with Gasteiger partial charge in [0.05, 0.1) is 12.7 Å². The van der Waals surface area contributed by atoms with Gasteiger partial charge in [-0.05, 0) is 33.8 Å². The highest BCUT2D eigenvalue weighted by molar-refractivity contribution is 7.54. The molecule has 0 saturated carbocycles. The van der Waals surface area contributed by atoms with Crippen molar-refractivity contribution in [2.24, 2.45) is 11.7 Å². The predicted octanol–water partition coefficient (Wildman–Crippen LogP) is 1.66. The van der Waals surface area contributed by atoms with Crippen LogP contribution in [0.4, 0.5) is 0 Å². The van der Waals surface area contributed by atoms with Crippen molar-refractivity contribution in [3.8, 4) is 0 Å². The maximum Gasteiger partial charge on any atom is 0.341 e. The van der Waals surface area contributed by atoms with Crippen molar-refractivity contribution < 1.29 is 32.7 Å². The van der Waals surface area contributed by atoms with Gasteiger partial charge < -0.3 is 19.7 Å². The van der Waals surface area contributed by atoms with E-state index in [1.54, 1.807) is 29.1 Å². The van der Waals surface area contributed by atoms with E-state index in [1.165, 1.54) is 6.92 Å². The number of esters is 1. The second kappa shape index (κ2) is 10.7. The molecule has 10 nitrogen and oxygen atoms in total. The van der Waals surface area contributed by atoms with Crippen molar-refractivity contribution in [1.82, 2.24) is 10.2 Å². The van der Waals surface area contributed by atoms with Gasteiger partial charge in [0.15, 0.2) is 18.5 Å². The summed E-state index contributed by atoms with van der Waals surface area (Å²) in [5.74, 6) is -1.29. The number of pyridine rings is 1. The first-order valence-corrected chi connectivity index (χ1v) is 12.0. The van der Waals surface area contributed by atoms with E-state index in [4.69, 9.17) is 19.7 Å². The molecule has 174 valence electrons. The molecule has 0 bridgehead atoms. The van der Waals surface area contributed by atoms with Crippen LogP contribution in [0.25, 0.3) is 0 Å². The van der Waals surface area contributed by atoms with Crippen LogP contribution < -0.4 is 20.5 Å². The number of nitrogens with two attached hydrogens (primary N) is 1. The summed E-state index contributed by atoms with van der Waals surface area (Å²) in [6.45, 7) is 10.7. The first-order chi connectivity index (χ1) is 14.4. The van der Waals surface area contributed by atoms with Gasteiger partial charge in [0.1, 0.15) is 5.56 Å². The molecule has 11 heteroatoms. The molecule has 1 fully saturated rings. The van der Waals surface area contributed by atoms with Gasteiger partial charge in [-0.1, -0.05) is 6.92 Å². The van der Waals surface area contributed by atoms with E-state index in [0.29, 0.717) is 5.56 Å². The lowest BCUT2D eigenvalue weighted by atomic mass is 10.0. The Bertz CT molecular complexity index is 820. The molecule has 0 radical (unpaired) electrons. The zero-order valence-corrected chi connectivity index (χ0v) is 19.8. The SMILES string of the molecule is CC(=O)O[C@@H]1[C@H](C)[C@@H](COP(=O)(NC(C)C)NC(C)C)O[C@H]1[n+]1cccc(C(N)=O)c1. The Balaban J connectivity index is 2.23. The Morgan fingerprint density at radius 3 is 2.39 bits per heavy atom. The van der Waals surface area contributed by atoms with Crippen LogP contribution in [-0.2, 0) is 23.4 Å². The molecule has 1 amide bonds. The van der Waals surface area contributed by atoms with Crippen molar-refractivity contribution in [1.29, 1.82) is 0 Å². The standard InChI is InChI=1S/C20H33N4O6P/c1-12(2)22-31(27,23-13(3)4)28-11-17-14(5)18(29-15(6)25)20(30-17)24-9-7-8-16(10-24)19(21)26/h7-10,12-14,17-18,20H,11H2,1-6H3,(H3-,21,22,23,26,27)/p+1/t14-,17-,18-,20-/m1/s1. The fraction of sp³-hybridized carbons (Fsp3) is 0.650. The lowest BCUT2D eigenvalue weighted by Crippen LogP contribution is -2.46. The van der Waals surface area contributed by atoms with E-state index in [9.17, 15) is 14.2 Å². The highest BCUT2D eigenvalue weighted by atomic mass is 31.2. The summed E-state index contributed by atoms with van der Waals surface area (Å²) in [5.41, 5.74) is 5.68. The van der Waals surface area contributed by atoms with Crippen LogP contribution in [0.3, 0.4) is 0 Å². The molecular weight excluding hydrogens is 423 g/mol. The topological polar surface area (TPSA) is 133 Å². The number of nitrogens with zero attached hydrogens (tertiary/aromatic N) is 1. The highest BCUT2D eigenvalue weighted by Gasteiger charge is 2.50. The Hall–Kier alpha value is -1.84. The van der Waals surface area contributed by atoms with Gasteiger partial charge in [-0.3, -0.25) is 14.2 Å². The molecule has 4 N–H and O–H groups in total. The maximum absolute atomic E-state index is 13.2.